The number of hydrogen-bond donors (Lipinski definition) is 1. The number of carbonyl (C=O) groups is 2. The Morgan fingerprint density at radius 2 is 1.80 bits per heavy atom. The Kier molecular flexibility index (Phi) is 9.87. The van der Waals surface area contributed by atoms with Crippen molar-refractivity contribution in [1.82, 2.24) is 10.2 Å². The van der Waals surface area contributed by atoms with Crippen LogP contribution in [-0.4, -0.2) is 35.9 Å². The first-order valence-corrected chi connectivity index (χ1v) is 11.3. The predicted molar refractivity (Wildman–Crippen MR) is 123 cm³/mol. The second kappa shape index (κ2) is 12.4. The van der Waals surface area contributed by atoms with Crippen LogP contribution in [0.1, 0.15) is 44.7 Å². The van der Waals surface area contributed by atoms with Gasteiger partial charge in [0.15, 0.2) is 6.61 Å². The molecule has 30 heavy (non-hydrogen) atoms. The Morgan fingerprint density at radius 1 is 1.07 bits per heavy atom. The highest BCUT2D eigenvalue weighted by molar-refractivity contribution is 9.10. The fourth-order valence-corrected chi connectivity index (χ4v) is 3.71. The molecule has 5 nitrogen and oxygen atoms in total. The largest absolute Gasteiger partial charge is 0.483 e. The number of nitrogens with one attached hydrogen (secondary N) is 1. The minimum Gasteiger partial charge on any atom is -0.483 e. The first-order chi connectivity index (χ1) is 14.5. The van der Waals surface area contributed by atoms with Crippen LogP contribution in [0.3, 0.4) is 0 Å². The number of ether oxygens (including phenoxy) is 1. The van der Waals surface area contributed by atoms with E-state index in [1.807, 2.05) is 62.4 Å². The molecule has 0 bridgehead atoms. The second-order valence-corrected chi connectivity index (χ2v) is 7.98. The first kappa shape index (κ1) is 23.9. The first-order valence-electron chi connectivity index (χ1n) is 10.5. The molecule has 1 unspecified atom stereocenters. The van der Waals surface area contributed by atoms with Crippen LogP contribution >= 0.6 is 15.9 Å². The summed E-state index contributed by atoms with van der Waals surface area (Å²) in [6.45, 7) is 6.83. The normalized spacial score (nSPS) is 11.6. The summed E-state index contributed by atoms with van der Waals surface area (Å²) < 4.78 is 6.62. The average Bonchev–Trinajstić information content (AvgIpc) is 2.77. The minimum absolute atomic E-state index is 0.128. The number of amides is 2. The third kappa shape index (κ3) is 6.87. The molecule has 1 N–H and O–H groups in total. The molecule has 2 aromatic rings. The lowest BCUT2D eigenvalue weighted by Gasteiger charge is -2.30. The molecule has 0 radical (unpaired) electrons. The van der Waals surface area contributed by atoms with Gasteiger partial charge in [-0.1, -0.05) is 57.2 Å². The third-order valence-corrected chi connectivity index (χ3v) is 5.51. The van der Waals surface area contributed by atoms with Crippen LogP contribution in [0.2, 0.25) is 0 Å². The van der Waals surface area contributed by atoms with Crippen molar-refractivity contribution in [2.75, 3.05) is 13.2 Å². The van der Waals surface area contributed by atoms with Crippen LogP contribution in [-0.2, 0) is 22.6 Å². The molecule has 0 spiro atoms. The van der Waals surface area contributed by atoms with Gasteiger partial charge in [0.2, 0.25) is 5.91 Å². The highest BCUT2D eigenvalue weighted by Crippen LogP contribution is 2.26. The van der Waals surface area contributed by atoms with Crippen molar-refractivity contribution >= 4 is 27.7 Å². The summed E-state index contributed by atoms with van der Waals surface area (Å²) in [5.41, 5.74) is 2.16. The molecule has 6 heteroatoms. The molecule has 0 heterocycles. The van der Waals surface area contributed by atoms with Gasteiger partial charge in [-0.05, 0) is 58.5 Å². The Bertz CT molecular complexity index is 826. The van der Waals surface area contributed by atoms with Crippen LogP contribution in [0.4, 0.5) is 0 Å². The van der Waals surface area contributed by atoms with E-state index >= 15 is 0 Å². The van der Waals surface area contributed by atoms with Gasteiger partial charge in [-0.15, -0.1) is 0 Å². The summed E-state index contributed by atoms with van der Waals surface area (Å²) in [5.74, 6) is 0.268. The van der Waals surface area contributed by atoms with Gasteiger partial charge in [0.25, 0.3) is 5.91 Å². The van der Waals surface area contributed by atoms with Gasteiger partial charge in [0.05, 0.1) is 4.47 Å². The zero-order valence-electron chi connectivity index (χ0n) is 18.0. The van der Waals surface area contributed by atoms with Gasteiger partial charge in [0, 0.05) is 13.1 Å². The Hall–Kier alpha value is -2.34. The van der Waals surface area contributed by atoms with Crippen molar-refractivity contribution in [3.63, 3.8) is 0 Å². The third-order valence-electron chi connectivity index (χ3n) is 4.89. The average molecular weight is 475 g/mol. The molecule has 2 aromatic carbocycles. The molecule has 0 saturated carbocycles. The van der Waals surface area contributed by atoms with E-state index in [1.165, 1.54) is 5.56 Å². The summed E-state index contributed by atoms with van der Waals surface area (Å²) in [4.78, 5) is 27.5. The van der Waals surface area contributed by atoms with E-state index in [1.54, 1.807) is 4.90 Å². The Labute approximate surface area is 187 Å². The van der Waals surface area contributed by atoms with Crippen molar-refractivity contribution in [1.29, 1.82) is 0 Å². The highest BCUT2D eigenvalue weighted by atomic mass is 79.9. The fraction of sp³-hybridized carbons (Fsp3) is 0.417. The maximum atomic E-state index is 13.1. The van der Waals surface area contributed by atoms with E-state index in [0.717, 1.165) is 22.9 Å². The molecular weight excluding hydrogens is 444 g/mol. The number of halogens is 1. The van der Waals surface area contributed by atoms with Gasteiger partial charge >= 0.3 is 0 Å². The standard InChI is InChI=1S/C24H31BrN2O3/c1-4-14-26-24(29)21(6-3)27(16-19-10-8-7-9-11-19)23(28)17-30-22-13-12-18(5-2)15-20(22)25/h7-13,15,21H,4-6,14,16-17H2,1-3H3,(H,26,29). The molecule has 0 aliphatic rings. The minimum atomic E-state index is -0.543. The molecule has 0 fully saturated rings. The SMILES string of the molecule is CCCNC(=O)C(CC)N(Cc1ccccc1)C(=O)COc1ccc(CC)cc1Br. The van der Waals surface area contributed by atoms with Gasteiger partial charge in [-0.2, -0.15) is 0 Å². The lowest BCUT2D eigenvalue weighted by Crippen LogP contribution is -2.50. The van der Waals surface area contributed by atoms with Crippen LogP contribution in [0.15, 0.2) is 53.0 Å². The maximum absolute atomic E-state index is 13.1. The molecule has 2 rings (SSSR count). The highest BCUT2D eigenvalue weighted by Gasteiger charge is 2.28. The molecule has 0 aromatic heterocycles. The monoisotopic (exact) mass is 474 g/mol. The molecular formula is C24H31BrN2O3. The van der Waals surface area contributed by atoms with E-state index in [2.05, 4.69) is 28.2 Å². The topological polar surface area (TPSA) is 58.6 Å². The smallest absolute Gasteiger partial charge is 0.261 e. The zero-order chi connectivity index (χ0) is 21.9. The lowest BCUT2D eigenvalue weighted by atomic mass is 10.1. The summed E-state index contributed by atoms with van der Waals surface area (Å²) in [5, 5.41) is 2.92. The number of aryl methyl sites for hydroxylation is 1. The van der Waals surface area contributed by atoms with E-state index in [-0.39, 0.29) is 18.4 Å². The Balaban J connectivity index is 2.17. The van der Waals surface area contributed by atoms with Crippen molar-refractivity contribution in [2.24, 2.45) is 0 Å². The molecule has 0 aliphatic carbocycles. The van der Waals surface area contributed by atoms with Gasteiger partial charge in [-0.25, -0.2) is 0 Å². The zero-order valence-corrected chi connectivity index (χ0v) is 19.6. The number of nitrogens with zero attached hydrogens (tertiary/aromatic N) is 1. The number of benzene rings is 2. The van der Waals surface area contributed by atoms with E-state index in [0.29, 0.717) is 25.3 Å². The number of carbonyl (C=O) groups excluding carboxylic acids is 2. The van der Waals surface area contributed by atoms with Crippen LogP contribution in [0.5, 0.6) is 5.75 Å². The van der Waals surface area contributed by atoms with Crippen molar-refractivity contribution in [3.8, 4) is 5.75 Å². The molecule has 1 atom stereocenters. The summed E-state index contributed by atoms with van der Waals surface area (Å²) in [6, 6.07) is 15.0. The molecule has 0 saturated heterocycles. The van der Waals surface area contributed by atoms with Gasteiger partial charge < -0.3 is 15.0 Å². The van der Waals surface area contributed by atoms with Crippen LogP contribution in [0.25, 0.3) is 0 Å². The molecule has 0 aliphatic heterocycles. The predicted octanol–water partition coefficient (Wildman–Crippen LogP) is 4.72. The van der Waals surface area contributed by atoms with E-state index < -0.39 is 6.04 Å². The number of rotatable bonds is 11. The number of hydrogen-bond acceptors (Lipinski definition) is 3. The fourth-order valence-electron chi connectivity index (χ4n) is 3.17. The Morgan fingerprint density at radius 3 is 2.40 bits per heavy atom. The van der Waals surface area contributed by atoms with Gasteiger partial charge in [-0.3, -0.25) is 9.59 Å². The van der Waals surface area contributed by atoms with E-state index in [4.69, 9.17) is 4.74 Å². The second-order valence-electron chi connectivity index (χ2n) is 7.13. The summed E-state index contributed by atoms with van der Waals surface area (Å²) in [6.07, 6.45) is 2.30. The lowest BCUT2D eigenvalue weighted by molar-refractivity contribution is -0.143. The quantitative estimate of drug-likeness (QED) is 0.512. The maximum Gasteiger partial charge on any atom is 0.261 e. The van der Waals surface area contributed by atoms with E-state index in [9.17, 15) is 9.59 Å². The molecule has 2 amide bonds. The molecule has 162 valence electrons. The van der Waals surface area contributed by atoms with Crippen molar-refractivity contribution < 1.29 is 14.3 Å². The van der Waals surface area contributed by atoms with Crippen LogP contribution < -0.4 is 10.1 Å². The van der Waals surface area contributed by atoms with Crippen molar-refractivity contribution in [3.05, 3.63) is 64.1 Å². The van der Waals surface area contributed by atoms with Crippen LogP contribution in [0, 0.1) is 0 Å². The van der Waals surface area contributed by atoms with Crippen molar-refractivity contribution in [2.45, 2.75) is 52.6 Å². The van der Waals surface area contributed by atoms with Gasteiger partial charge in [0.1, 0.15) is 11.8 Å². The summed E-state index contributed by atoms with van der Waals surface area (Å²) in [7, 11) is 0. The summed E-state index contributed by atoms with van der Waals surface area (Å²) >= 11 is 3.51.